The summed E-state index contributed by atoms with van der Waals surface area (Å²) in [5.74, 6) is 2.45. The first-order valence-corrected chi connectivity index (χ1v) is 10.1. The third-order valence-corrected chi connectivity index (χ3v) is 5.06. The smallest absolute Gasteiger partial charge is 0.225 e. The predicted molar refractivity (Wildman–Crippen MR) is 116 cm³/mol. The number of methoxy groups -OCH3 is 2. The fourth-order valence-electron chi connectivity index (χ4n) is 2.74. The molecule has 3 rings (SSSR count). The molecule has 0 saturated carbocycles. The van der Waals surface area contributed by atoms with Gasteiger partial charge in [0.2, 0.25) is 5.91 Å². The quantitative estimate of drug-likeness (QED) is 0.433. The molecule has 2 aromatic carbocycles. The van der Waals surface area contributed by atoms with E-state index < -0.39 is 0 Å². The molecular weight excluding hydrogens is 386 g/mol. The summed E-state index contributed by atoms with van der Waals surface area (Å²) in [6.07, 6.45) is 0.342. The molecule has 1 heterocycles. The second-order valence-corrected chi connectivity index (χ2v) is 7.33. The van der Waals surface area contributed by atoms with Crippen LogP contribution in [0.2, 0.25) is 0 Å². The van der Waals surface area contributed by atoms with Gasteiger partial charge in [-0.15, -0.1) is 11.8 Å². The summed E-state index contributed by atoms with van der Waals surface area (Å²) in [5.41, 5.74) is 2.51. The Kier molecular flexibility index (Phi) is 7.08. The monoisotopic (exact) mass is 409 g/mol. The van der Waals surface area contributed by atoms with Crippen molar-refractivity contribution in [1.82, 2.24) is 9.97 Å². The first kappa shape index (κ1) is 20.7. The second-order valence-electron chi connectivity index (χ2n) is 6.22. The van der Waals surface area contributed by atoms with Crippen molar-refractivity contribution in [2.75, 3.05) is 25.3 Å². The van der Waals surface area contributed by atoms with E-state index in [1.807, 2.05) is 43.3 Å². The molecule has 0 aliphatic heterocycles. The third kappa shape index (κ3) is 5.71. The number of carbonyl (C=O) groups is 1. The summed E-state index contributed by atoms with van der Waals surface area (Å²) in [6.45, 7) is 1.87. The number of hydrogen-bond acceptors (Lipinski definition) is 6. The number of carbonyl (C=O) groups excluding carboxylic acids is 1. The Hall–Kier alpha value is -3.06. The van der Waals surface area contributed by atoms with Crippen LogP contribution in [0.4, 0.5) is 5.69 Å². The highest BCUT2D eigenvalue weighted by molar-refractivity contribution is 7.99. The first-order chi connectivity index (χ1) is 14.1. The Balaban J connectivity index is 1.60. The topological polar surface area (TPSA) is 73.3 Å². The number of aromatic nitrogens is 2. The molecule has 7 heteroatoms. The Bertz CT molecular complexity index is 980. The minimum absolute atomic E-state index is 0.0990. The van der Waals surface area contributed by atoms with Crippen molar-refractivity contribution in [1.29, 1.82) is 0 Å². The van der Waals surface area contributed by atoms with Crippen molar-refractivity contribution in [2.45, 2.75) is 18.4 Å². The van der Waals surface area contributed by atoms with Crippen LogP contribution in [0.5, 0.6) is 11.5 Å². The zero-order valence-corrected chi connectivity index (χ0v) is 17.5. The molecule has 0 bridgehead atoms. The van der Waals surface area contributed by atoms with Crippen molar-refractivity contribution < 1.29 is 14.3 Å². The minimum atomic E-state index is -0.0990. The van der Waals surface area contributed by atoms with E-state index in [0.717, 1.165) is 16.3 Å². The number of rotatable bonds is 8. The van der Waals surface area contributed by atoms with Gasteiger partial charge in [-0.25, -0.2) is 9.97 Å². The van der Waals surface area contributed by atoms with Gasteiger partial charge < -0.3 is 14.8 Å². The van der Waals surface area contributed by atoms with Crippen LogP contribution in [0.15, 0.2) is 59.6 Å². The van der Waals surface area contributed by atoms with Gasteiger partial charge in [-0.1, -0.05) is 30.3 Å². The molecule has 29 heavy (non-hydrogen) atoms. The molecule has 0 aliphatic rings. The normalized spacial score (nSPS) is 10.4. The van der Waals surface area contributed by atoms with Crippen molar-refractivity contribution in [3.05, 3.63) is 60.4 Å². The molecule has 0 saturated heterocycles. The van der Waals surface area contributed by atoms with Crippen molar-refractivity contribution in [3.63, 3.8) is 0 Å². The summed E-state index contributed by atoms with van der Waals surface area (Å²) < 4.78 is 10.5. The van der Waals surface area contributed by atoms with Crippen LogP contribution in [0.1, 0.15) is 12.2 Å². The van der Waals surface area contributed by atoms with Gasteiger partial charge in [0.1, 0.15) is 22.3 Å². The van der Waals surface area contributed by atoms with Gasteiger partial charge in [-0.3, -0.25) is 4.79 Å². The van der Waals surface area contributed by atoms with Crippen LogP contribution in [-0.4, -0.2) is 35.8 Å². The third-order valence-electron chi connectivity index (χ3n) is 4.14. The number of nitrogens with one attached hydrogen (secondary N) is 1. The summed E-state index contributed by atoms with van der Waals surface area (Å²) in [4.78, 5) is 21.4. The predicted octanol–water partition coefficient (Wildman–Crippen LogP) is 4.59. The van der Waals surface area contributed by atoms with Gasteiger partial charge in [0.15, 0.2) is 0 Å². The molecule has 6 nitrogen and oxygen atoms in total. The summed E-state index contributed by atoms with van der Waals surface area (Å²) in [5, 5.41) is 3.73. The van der Waals surface area contributed by atoms with E-state index in [2.05, 4.69) is 15.3 Å². The molecule has 1 aromatic heterocycles. The van der Waals surface area contributed by atoms with Gasteiger partial charge >= 0.3 is 0 Å². The lowest BCUT2D eigenvalue weighted by Gasteiger charge is -2.11. The number of aryl methyl sites for hydroxylation is 1. The average molecular weight is 410 g/mol. The maximum absolute atomic E-state index is 12.4. The van der Waals surface area contributed by atoms with Crippen molar-refractivity contribution in [3.8, 4) is 22.8 Å². The zero-order chi connectivity index (χ0) is 20.6. The number of benzene rings is 2. The minimum Gasteiger partial charge on any atom is -0.497 e. The standard InChI is InChI=1S/C22H23N3O3S/c1-15-23-18(16-7-5-4-6-8-16)14-22(24-15)29-12-11-21(26)25-19-13-17(27-2)9-10-20(19)28-3/h4-10,13-14H,11-12H2,1-3H3,(H,25,26). The van der Waals surface area contributed by atoms with Crippen LogP contribution in [0.3, 0.4) is 0 Å². The Morgan fingerprint density at radius 1 is 1.03 bits per heavy atom. The second kappa shape index (κ2) is 9.93. The molecular formula is C22H23N3O3S. The zero-order valence-electron chi connectivity index (χ0n) is 16.6. The molecule has 150 valence electrons. The number of hydrogen-bond donors (Lipinski definition) is 1. The lowest BCUT2D eigenvalue weighted by Crippen LogP contribution is -2.13. The van der Waals surface area contributed by atoms with Crippen molar-refractivity contribution in [2.24, 2.45) is 0 Å². The molecule has 0 unspecified atom stereocenters. The molecule has 3 aromatic rings. The number of amides is 1. The van der Waals surface area contributed by atoms with E-state index in [1.54, 1.807) is 32.4 Å². The number of anilines is 1. The first-order valence-electron chi connectivity index (χ1n) is 9.15. The maximum atomic E-state index is 12.4. The maximum Gasteiger partial charge on any atom is 0.225 e. The van der Waals surface area contributed by atoms with Gasteiger partial charge in [-0.05, 0) is 25.1 Å². The van der Waals surface area contributed by atoms with E-state index in [4.69, 9.17) is 9.47 Å². The molecule has 0 spiro atoms. The fourth-order valence-corrected chi connectivity index (χ4v) is 3.63. The van der Waals surface area contributed by atoms with Gasteiger partial charge in [-0.2, -0.15) is 0 Å². The van der Waals surface area contributed by atoms with E-state index in [0.29, 0.717) is 35.2 Å². The number of nitrogens with zero attached hydrogens (tertiary/aromatic N) is 2. The van der Waals surface area contributed by atoms with E-state index >= 15 is 0 Å². The van der Waals surface area contributed by atoms with E-state index in [-0.39, 0.29) is 5.91 Å². The van der Waals surface area contributed by atoms with Crippen molar-refractivity contribution >= 4 is 23.4 Å². The largest absolute Gasteiger partial charge is 0.497 e. The molecule has 0 fully saturated rings. The van der Waals surface area contributed by atoms with Crippen LogP contribution in [-0.2, 0) is 4.79 Å². The number of thioether (sulfide) groups is 1. The van der Waals surface area contributed by atoms with Crippen LogP contribution < -0.4 is 14.8 Å². The van der Waals surface area contributed by atoms with Crippen LogP contribution in [0, 0.1) is 6.92 Å². The fraction of sp³-hybridized carbons (Fsp3) is 0.227. The highest BCUT2D eigenvalue weighted by atomic mass is 32.2. The number of ether oxygens (including phenoxy) is 2. The molecule has 0 aliphatic carbocycles. The average Bonchev–Trinajstić information content (AvgIpc) is 2.74. The summed E-state index contributed by atoms with van der Waals surface area (Å²) in [7, 11) is 3.15. The van der Waals surface area contributed by atoms with Gasteiger partial charge in [0, 0.05) is 23.8 Å². The highest BCUT2D eigenvalue weighted by Crippen LogP contribution is 2.29. The molecule has 0 radical (unpaired) electrons. The van der Waals surface area contributed by atoms with Crippen LogP contribution >= 0.6 is 11.8 Å². The lowest BCUT2D eigenvalue weighted by atomic mass is 10.1. The Morgan fingerprint density at radius 2 is 1.83 bits per heavy atom. The highest BCUT2D eigenvalue weighted by Gasteiger charge is 2.10. The molecule has 1 N–H and O–H groups in total. The van der Waals surface area contributed by atoms with Crippen LogP contribution in [0.25, 0.3) is 11.3 Å². The summed E-state index contributed by atoms with van der Waals surface area (Å²) in [6, 6.07) is 17.2. The summed E-state index contributed by atoms with van der Waals surface area (Å²) >= 11 is 1.53. The van der Waals surface area contributed by atoms with Gasteiger partial charge in [0.05, 0.1) is 25.6 Å². The van der Waals surface area contributed by atoms with Gasteiger partial charge in [0.25, 0.3) is 0 Å². The van der Waals surface area contributed by atoms with E-state index in [1.165, 1.54) is 11.8 Å². The Labute approximate surface area is 174 Å². The molecule has 1 amide bonds. The molecule has 0 atom stereocenters. The lowest BCUT2D eigenvalue weighted by molar-refractivity contribution is -0.115. The Morgan fingerprint density at radius 3 is 2.55 bits per heavy atom. The SMILES string of the molecule is COc1ccc(OC)c(NC(=O)CCSc2cc(-c3ccccc3)nc(C)n2)c1. The van der Waals surface area contributed by atoms with E-state index in [9.17, 15) is 4.79 Å².